The maximum absolute atomic E-state index is 5.60. The van der Waals surface area contributed by atoms with Crippen LogP contribution in [-0.2, 0) is 0 Å². The van der Waals surface area contributed by atoms with E-state index in [0.717, 1.165) is 19.0 Å². The normalized spacial score (nSPS) is 18.1. The van der Waals surface area contributed by atoms with E-state index < -0.39 is 0 Å². The summed E-state index contributed by atoms with van der Waals surface area (Å²) in [6.07, 6.45) is 12.8. The molecular weight excluding hydrogens is 553 g/mol. The highest BCUT2D eigenvalue weighted by Crippen LogP contribution is 2.32. The monoisotopic (exact) mass is 588 g/mol. The predicted molar refractivity (Wildman–Crippen MR) is 167 cm³/mol. The van der Waals surface area contributed by atoms with E-state index in [4.69, 9.17) is 30.2 Å². The molecule has 8 nitrogen and oxygen atoms in total. The van der Waals surface area contributed by atoms with Gasteiger partial charge in [0.25, 0.3) is 0 Å². The van der Waals surface area contributed by atoms with Gasteiger partial charge in [0.05, 0.1) is 0 Å². The van der Waals surface area contributed by atoms with Gasteiger partial charge in [0.1, 0.15) is 12.7 Å². The molecule has 6 N–H and O–H groups in total. The number of hydrogen-bond donors (Lipinski definition) is 3. The molecule has 0 spiro atoms. The van der Waals surface area contributed by atoms with Crippen LogP contribution >= 0.6 is 47.1 Å². The van der Waals surface area contributed by atoms with E-state index in [1.54, 1.807) is 51.5 Å². The van der Waals surface area contributed by atoms with E-state index in [2.05, 4.69) is 58.3 Å². The Balaban J connectivity index is 0.000000157. The van der Waals surface area contributed by atoms with Crippen molar-refractivity contribution < 1.29 is 0 Å². The van der Waals surface area contributed by atoms with Crippen molar-refractivity contribution in [3.63, 3.8) is 0 Å². The van der Waals surface area contributed by atoms with Gasteiger partial charge in [-0.15, -0.1) is 22.7 Å². The van der Waals surface area contributed by atoms with Gasteiger partial charge in [0.2, 0.25) is 0 Å². The SMILES string of the molecule is Cc1ccc(C2CCN(C(N)=S)C2)s1.Cc1ccc(C2CCNC2)s1.N.S=C(n1ccnc1)n1ccnc1. The van der Waals surface area contributed by atoms with E-state index in [9.17, 15) is 0 Å². The summed E-state index contributed by atoms with van der Waals surface area (Å²) in [5.74, 6) is 1.43. The van der Waals surface area contributed by atoms with Crippen molar-refractivity contribution in [2.45, 2.75) is 38.5 Å². The van der Waals surface area contributed by atoms with E-state index >= 15 is 0 Å². The van der Waals surface area contributed by atoms with Gasteiger partial charge in [-0.25, -0.2) is 9.97 Å². The van der Waals surface area contributed by atoms with Gasteiger partial charge < -0.3 is 22.1 Å². The number of imidazole rings is 2. The van der Waals surface area contributed by atoms with Gasteiger partial charge in [0.15, 0.2) is 10.2 Å². The molecule has 2 aliphatic heterocycles. The number of thiocarbonyl (C=S) groups is 2. The quantitative estimate of drug-likeness (QED) is 0.276. The molecular formula is C26H36N8S4. The highest BCUT2D eigenvalue weighted by atomic mass is 32.1. The van der Waals surface area contributed by atoms with Gasteiger partial charge in [0, 0.05) is 75.8 Å². The van der Waals surface area contributed by atoms with Crippen molar-refractivity contribution in [3.8, 4) is 0 Å². The van der Waals surface area contributed by atoms with Crippen molar-refractivity contribution in [1.82, 2.24) is 35.5 Å². The first-order valence-electron chi connectivity index (χ1n) is 12.3. The molecule has 0 aromatic carbocycles. The topological polar surface area (TPSA) is 112 Å². The number of nitrogens with two attached hydrogens (primary N) is 1. The number of rotatable bonds is 2. The van der Waals surface area contributed by atoms with Crippen LogP contribution in [0.1, 0.15) is 44.2 Å². The molecule has 2 unspecified atom stereocenters. The van der Waals surface area contributed by atoms with Crippen LogP contribution in [-0.4, -0.2) is 60.4 Å². The zero-order chi connectivity index (χ0) is 26.2. The third-order valence-electron chi connectivity index (χ3n) is 6.34. The highest BCUT2D eigenvalue weighted by Gasteiger charge is 2.25. The zero-order valence-electron chi connectivity index (χ0n) is 21.8. The second kappa shape index (κ2) is 14.6. The van der Waals surface area contributed by atoms with Crippen LogP contribution < -0.4 is 17.2 Å². The van der Waals surface area contributed by atoms with Gasteiger partial charge in [-0.05, 0) is 81.9 Å². The Morgan fingerprint density at radius 1 is 0.921 bits per heavy atom. The molecule has 0 aliphatic carbocycles. The van der Waals surface area contributed by atoms with Crippen molar-refractivity contribution in [2.75, 3.05) is 26.2 Å². The number of nitrogens with one attached hydrogen (secondary N) is 1. The van der Waals surface area contributed by atoms with Crippen molar-refractivity contribution in [1.29, 1.82) is 0 Å². The van der Waals surface area contributed by atoms with Crippen LogP contribution in [0.3, 0.4) is 0 Å². The summed E-state index contributed by atoms with van der Waals surface area (Å²) >= 11 is 13.9. The number of hydrogen-bond acceptors (Lipinski definition) is 8. The van der Waals surface area contributed by atoms with E-state index in [1.807, 2.05) is 22.7 Å². The van der Waals surface area contributed by atoms with Crippen LogP contribution in [0.15, 0.2) is 61.7 Å². The van der Waals surface area contributed by atoms with Crippen LogP contribution in [0.2, 0.25) is 0 Å². The maximum atomic E-state index is 5.60. The largest absolute Gasteiger partial charge is 0.376 e. The molecule has 4 aromatic rings. The predicted octanol–water partition coefficient (Wildman–Crippen LogP) is 5.15. The molecule has 2 atom stereocenters. The van der Waals surface area contributed by atoms with Crippen molar-refractivity contribution in [2.24, 2.45) is 5.73 Å². The van der Waals surface area contributed by atoms with Crippen LogP contribution in [0.25, 0.3) is 0 Å². The van der Waals surface area contributed by atoms with E-state index in [1.165, 1.54) is 40.6 Å². The third kappa shape index (κ3) is 8.26. The first-order chi connectivity index (χ1) is 17.9. The summed E-state index contributed by atoms with van der Waals surface area (Å²) in [7, 11) is 0. The number of likely N-dealkylation sites (tertiary alicyclic amines) is 1. The summed E-state index contributed by atoms with van der Waals surface area (Å²) in [4.78, 5) is 15.7. The molecule has 2 fully saturated rings. The molecule has 204 valence electrons. The standard InChI is InChI=1S/C10H14N2S2.C9H13NS.C7H6N4S.H3N/c1-7-2-3-9(14-7)8-4-5-12(6-8)10(11)13;1-7-2-3-9(11-7)8-4-5-10-6-8;12-7(10-3-1-8-5-10)11-4-2-9-6-11;/h2-3,8H,4-6H2,1H3,(H2,11,13);2-3,8,10H,4-6H2,1H3;1-6H;1H3. The van der Waals surface area contributed by atoms with Crippen LogP contribution in [0, 0.1) is 13.8 Å². The Labute approximate surface area is 243 Å². The first kappa shape index (κ1) is 30.1. The number of thiophene rings is 2. The van der Waals surface area contributed by atoms with Crippen LogP contribution in [0.5, 0.6) is 0 Å². The molecule has 2 saturated heterocycles. The lowest BCUT2D eigenvalue weighted by atomic mass is 10.1. The van der Waals surface area contributed by atoms with Gasteiger partial charge in [-0.1, -0.05) is 0 Å². The van der Waals surface area contributed by atoms with E-state index in [0.29, 0.717) is 16.1 Å². The molecule has 38 heavy (non-hydrogen) atoms. The van der Waals surface area contributed by atoms with Gasteiger partial charge >= 0.3 is 0 Å². The summed E-state index contributed by atoms with van der Waals surface area (Å²) in [6.45, 7) is 8.71. The maximum Gasteiger partial charge on any atom is 0.190 e. The first-order valence-corrected chi connectivity index (χ1v) is 14.7. The molecule has 2 aliphatic rings. The number of nitrogens with zero attached hydrogens (tertiary/aromatic N) is 5. The molecule has 0 radical (unpaired) electrons. The van der Waals surface area contributed by atoms with Gasteiger partial charge in [-0.3, -0.25) is 9.13 Å². The smallest absolute Gasteiger partial charge is 0.190 e. The van der Waals surface area contributed by atoms with Crippen molar-refractivity contribution in [3.05, 3.63) is 81.2 Å². The van der Waals surface area contributed by atoms with Crippen LogP contribution in [0.4, 0.5) is 0 Å². The number of aromatic nitrogens is 4. The fourth-order valence-corrected chi connectivity index (χ4v) is 6.71. The second-order valence-electron chi connectivity index (χ2n) is 9.08. The average Bonchev–Trinajstić information content (AvgIpc) is 3.74. The fourth-order valence-electron chi connectivity index (χ4n) is 4.31. The molecule has 6 heterocycles. The lowest BCUT2D eigenvalue weighted by molar-refractivity contribution is 0.515. The Morgan fingerprint density at radius 3 is 1.89 bits per heavy atom. The van der Waals surface area contributed by atoms with Crippen molar-refractivity contribution >= 4 is 57.3 Å². The molecule has 0 amide bonds. The lowest BCUT2D eigenvalue weighted by Gasteiger charge is -2.15. The molecule has 6 rings (SSSR count). The molecule has 4 aromatic heterocycles. The minimum Gasteiger partial charge on any atom is -0.376 e. The average molecular weight is 589 g/mol. The minimum absolute atomic E-state index is 0. The fraction of sp³-hybridized carbons (Fsp3) is 0.385. The molecule has 0 bridgehead atoms. The number of aryl methyl sites for hydroxylation is 2. The van der Waals surface area contributed by atoms with E-state index in [-0.39, 0.29) is 6.15 Å². The Morgan fingerprint density at radius 2 is 1.50 bits per heavy atom. The summed E-state index contributed by atoms with van der Waals surface area (Å²) in [6, 6.07) is 8.91. The summed E-state index contributed by atoms with van der Waals surface area (Å²) in [5, 5.41) is 4.57. The third-order valence-corrected chi connectivity index (χ3v) is 9.34. The Bertz CT molecular complexity index is 1220. The Hall–Kier alpha value is -2.48. The minimum atomic E-state index is 0. The summed E-state index contributed by atoms with van der Waals surface area (Å²) < 4.78 is 3.49. The lowest BCUT2D eigenvalue weighted by Crippen LogP contribution is -2.33. The second-order valence-corrected chi connectivity index (χ2v) is 12.5. The highest BCUT2D eigenvalue weighted by molar-refractivity contribution is 7.80. The summed E-state index contributed by atoms with van der Waals surface area (Å²) in [5.41, 5.74) is 5.60. The molecule has 0 saturated carbocycles. The Kier molecular flexibility index (Phi) is 11.6. The molecule has 12 heteroatoms. The van der Waals surface area contributed by atoms with Gasteiger partial charge in [-0.2, -0.15) is 0 Å². The zero-order valence-corrected chi connectivity index (χ0v) is 25.1.